The third-order valence-corrected chi connectivity index (χ3v) is 6.09. The van der Waals surface area contributed by atoms with Gasteiger partial charge < -0.3 is 15.5 Å². The van der Waals surface area contributed by atoms with Crippen LogP contribution in [-0.4, -0.2) is 42.9 Å². The van der Waals surface area contributed by atoms with E-state index in [0.717, 1.165) is 57.5 Å². The van der Waals surface area contributed by atoms with E-state index >= 15 is 0 Å². The zero-order valence-corrected chi connectivity index (χ0v) is 18.3. The van der Waals surface area contributed by atoms with E-state index in [4.69, 9.17) is 0 Å². The predicted molar refractivity (Wildman–Crippen MR) is 118 cm³/mol. The minimum Gasteiger partial charge on any atom is -0.356 e. The predicted octanol–water partition coefficient (Wildman–Crippen LogP) is 3.62. The molecule has 1 aliphatic heterocycles. The lowest BCUT2D eigenvalue weighted by molar-refractivity contribution is -0.130. The Balaban J connectivity index is 1.64. The van der Waals surface area contributed by atoms with E-state index in [1.165, 1.54) is 17.5 Å². The fourth-order valence-corrected chi connectivity index (χ4v) is 4.66. The first kappa shape index (κ1) is 21.8. The molecule has 0 spiro atoms. The summed E-state index contributed by atoms with van der Waals surface area (Å²) in [5, 5.41) is 6.20. The number of piperidine rings is 1. The first-order valence-electron chi connectivity index (χ1n) is 11.4. The molecule has 1 aromatic carbocycles. The van der Waals surface area contributed by atoms with Crippen LogP contribution in [0.25, 0.3) is 0 Å². The van der Waals surface area contributed by atoms with Gasteiger partial charge in [-0.3, -0.25) is 9.59 Å². The molecule has 0 bridgehead atoms. The van der Waals surface area contributed by atoms with Gasteiger partial charge in [-0.05, 0) is 61.3 Å². The Morgan fingerprint density at radius 3 is 2.55 bits per heavy atom. The van der Waals surface area contributed by atoms with Crippen molar-refractivity contribution >= 4 is 17.5 Å². The number of likely N-dealkylation sites (tertiary alicyclic amines) is 1. The van der Waals surface area contributed by atoms with Crippen LogP contribution in [0.4, 0.5) is 5.69 Å². The van der Waals surface area contributed by atoms with Crippen molar-refractivity contribution in [1.82, 2.24) is 10.2 Å². The maximum atomic E-state index is 13.1. The molecule has 0 radical (unpaired) electrons. The highest BCUT2D eigenvalue weighted by Crippen LogP contribution is 2.27. The van der Waals surface area contributed by atoms with Gasteiger partial charge in [-0.15, -0.1) is 0 Å². The number of benzene rings is 1. The van der Waals surface area contributed by atoms with Gasteiger partial charge in [-0.25, -0.2) is 0 Å². The molecule has 2 N–H and O–H groups in total. The molecule has 3 rings (SSSR count). The summed E-state index contributed by atoms with van der Waals surface area (Å²) in [5.74, 6) is 0.384. The maximum Gasteiger partial charge on any atom is 0.228 e. The van der Waals surface area contributed by atoms with E-state index in [-0.39, 0.29) is 23.7 Å². The van der Waals surface area contributed by atoms with Gasteiger partial charge in [0.15, 0.2) is 0 Å². The molecule has 2 atom stereocenters. The van der Waals surface area contributed by atoms with Gasteiger partial charge in [0.1, 0.15) is 0 Å². The molecule has 2 aliphatic rings. The summed E-state index contributed by atoms with van der Waals surface area (Å²) in [6, 6.07) is 6.30. The summed E-state index contributed by atoms with van der Waals surface area (Å²) < 4.78 is 0. The van der Waals surface area contributed by atoms with Crippen molar-refractivity contribution in [2.24, 2.45) is 17.8 Å². The second-order valence-electron chi connectivity index (χ2n) is 9.21. The highest BCUT2D eigenvalue weighted by Gasteiger charge is 2.35. The van der Waals surface area contributed by atoms with Gasteiger partial charge >= 0.3 is 0 Å². The number of aryl methyl sites for hydroxylation is 2. The quantitative estimate of drug-likeness (QED) is 0.656. The second kappa shape index (κ2) is 10.2. The number of fused-ring (bicyclic) bond motifs is 1. The van der Waals surface area contributed by atoms with Crippen LogP contribution in [0.1, 0.15) is 57.6 Å². The molecule has 0 aromatic heterocycles. The fourth-order valence-electron chi connectivity index (χ4n) is 4.66. The summed E-state index contributed by atoms with van der Waals surface area (Å²) in [7, 11) is 0. The smallest absolute Gasteiger partial charge is 0.228 e. The number of rotatable bonds is 8. The topological polar surface area (TPSA) is 61.4 Å². The molecule has 1 aliphatic carbocycles. The molecule has 1 heterocycles. The standard InChI is InChI=1S/C24H37N3O2/c1-4-5-11-25-23(28)20-12-21(16-27(15-20)14-17(2)3)24(29)26-22-10-9-18-7-6-8-19(18)13-22/h9-10,13,17,20-21H,4-8,11-12,14-16H2,1-3H3,(H,25,28)(H,26,29)/t20-,21+/m0/s1. The minimum atomic E-state index is -0.155. The third kappa shape index (κ3) is 6.05. The lowest BCUT2D eigenvalue weighted by atomic mass is 9.87. The van der Waals surface area contributed by atoms with Gasteiger partial charge in [0.25, 0.3) is 0 Å². The number of carbonyl (C=O) groups is 2. The van der Waals surface area contributed by atoms with Gasteiger partial charge in [-0.2, -0.15) is 0 Å². The average Bonchev–Trinajstić information content (AvgIpc) is 3.15. The van der Waals surface area contributed by atoms with Crippen LogP contribution in [0, 0.1) is 17.8 Å². The van der Waals surface area contributed by atoms with Crippen molar-refractivity contribution in [3.63, 3.8) is 0 Å². The average molecular weight is 400 g/mol. The van der Waals surface area contributed by atoms with Crippen LogP contribution >= 0.6 is 0 Å². The van der Waals surface area contributed by atoms with Crippen molar-refractivity contribution in [1.29, 1.82) is 0 Å². The molecule has 0 unspecified atom stereocenters. The molecule has 5 nitrogen and oxygen atoms in total. The first-order valence-corrected chi connectivity index (χ1v) is 11.4. The molecule has 1 saturated heterocycles. The monoisotopic (exact) mass is 399 g/mol. The van der Waals surface area contributed by atoms with Crippen molar-refractivity contribution in [2.45, 2.75) is 59.3 Å². The first-order chi connectivity index (χ1) is 14.0. The Labute approximate surface area is 175 Å². The Hall–Kier alpha value is -1.88. The highest BCUT2D eigenvalue weighted by molar-refractivity contribution is 5.93. The third-order valence-electron chi connectivity index (χ3n) is 6.09. The fraction of sp³-hybridized carbons (Fsp3) is 0.667. The van der Waals surface area contributed by atoms with Crippen molar-refractivity contribution in [3.05, 3.63) is 29.3 Å². The molecule has 2 amide bonds. The molecule has 160 valence electrons. The Kier molecular flexibility index (Phi) is 7.70. The Morgan fingerprint density at radius 1 is 1.10 bits per heavy atom. The van der Waals surface area contributed by atoms with E-state index in [2.05, 4.69) is 48.4 Å². The number of anilines is 1. The Bertz CT molecular complexity index is 716. The van der Waals surface area contributed by atoms with E-state index in [1.54, 1.807) is 0 Å². The normalized spacial score (nSPS) is 21.8. The van der Waals surface area contributed by atoms with E-state index in [1.807, 2.05) is 6.07 Å². The largest absolute Gasteiger partial charge is 0.356 e. The molecule has 1 aromatic rings. The van der Waals surface area contributed by atoms with Gasteiger partial charge in [0.2, 0.25) is 11.8 Å². The van der Waals surface area contributed by atoms with Crippen molar-refractivity contribution in [3.8, 4) is 0 Å². The van der Waals surface area contributed by atoms with Crippen LogP contribution in [-0.2, 0) is 22.4 Å². The van der Waals surface area contributed by atoms with Crippen LogP contribution < -0.4 is 10.6 Å². The number of nitrogens with one attached hydrogen (secondary N) is 2. The number of hydrogen-bond acceptors (Lipinski definition) is 3. The van der Waals surface area contributed by atoms with Crippen LogP contribution in [0.5, 0.6) is 0 Å². The number of unbranched alkanes of at least 4 members (excludes halogenated alkanes) is 1. The summed E-state index contributed by atoms with van der Waals surface area (Å²) in [4.78, 5) is 28.0. The summed E-state index contributed by atoms with van der Waals surface area (Å²) >= 11 is 0. The van der Waals surface area contributed by atoms with E-state index < -0.39 is 0 Å². The summed E-state index contributed by atoms with van der Waals surface area (Å²) in [5.41, 5.74) is 3.66. The molecular weight excluding hydrogens is 362 g/mol. The zero-order chi connectivity index (χ0) is 20.8. The van der Waals surface area contributed by atoms with Crippen molar-refractivity contribution < 1.29 is 9.59 Å². The number of nitrogens with zero attached hydrogens (tertiary/aromatic N) is 1. The number of carbonyl (C=O) groups excluding carboxylic acids is 2. The molecule has 29 heavy (non-hydrogen) atoms. The van der Waals surface area contributed by atoms with Crippen LogP contribution in [0.3, 0.4) is 0 Å². The van der Waals surface area contributed by atoms with Gasteiger partial charge in [-0.1, -0.05) is 33.3 Å². The molecular formula is C24H37N3O2. The van der Waals surface area contributed by atoms with Crippen LogP contribution in [0.2, 0.25) is 0 Å². The van der Waals surface area contributed by atoms with E-state index in [0.29, 0.717) is 12.3 Å². The van der Waals surface area contributed by atoms with Crippen molar-refractivity contribution in [2.75, 3.05) is 31.5 Å². The second-order valence-corrected chi connectivity index (χ2v) is 9.21. The minimum absolute atomic E-state index is 0.0442. The lowest BCUT2D eigenvalue weighted by Crippen LogP contribution is -2.50. The Morgan fingerprint density at radius 2 is 1.83 bits per heavy atom. The van der Waals surface area contributed by atoms with Crippen LogP contribution in [0.15, 0.2) is 18.2 Å². The van der Waals surface area contributed by atoms with E-state index in [9.17, 15) is 9.59 Å². The molecule has 1 fully saturated rings. The maximum absolute atomic E-state index is 13.1. The summed E-state index contributed by atoms with van der Waals surface area (Å²) in [6.07, 6.45) is 6.14. The highest BCUT2D eigenvalue weighted by atomic mass is 16.2. The summed E-state index contributed by atoms with van der Waals surface area (Å²) in [6.45, 7) is 9.61. The SMILES string of the molecule is CCCCNC(=O)[C@H]1C[C@@H](C(=O)Nc2ccc3c(c2)CCC3)CN(CC(C)C)C1. The van der Waals surface area contributed by atoms with Gasteiger partial charge in [0.05, 0.1) is 11.8 Å². The zero-order valence-electron chi connectivity index (χ0n) is 18.3. The molecule has 0 saturated carbocycles. The number of hydrogen-bond donors (Lipinski definition) is 2. The lowest BCUT2D eigenvalue weighted by Gasteiger charge is -2.37. The number of amides is 2. The molecule has 5 heteroatoms. The van der Waals surface area contributed by atoms with Gasteiger partial charge in [0, 0.05) is 31.9 Å².